The molecule has 1 heterocycles. The van der Waals surface area contributed by atoms with Crippen LogP contribution >= 0.6 is 11.6 Å². The van der Waals surface area contributed by atoms with Crippen molar-refractivity contribution in [3.63, 3.8) is 0 Å². The molecular weight excluding hydrogens is 255 g/mol. The summed E-state index contributed by atoms with van der Waals surface area (Å²) in [5, 5.41) is 6.27. The minimum Gasteiger partial charge on any atom is -0.352 e. The van der Waals surface area contributed by atoms with Crippen LogP contribution in [0, 0.1) is 11.7 Å². The number of amides is 1. The van der Waals surface area contributed by atoms with Crippen molar-refractivity contribution in [3.8, 4) is 0 Å². The van der Waals surface area contributed by atoms with Crippen LogP contribution < -0.4 is 10.6 Å². The molecule has 0 spiro atoms. The first-order valence-corrected chi connectivity index (χ1v) is 6.47. The summed E-state index contributed by atoms with van der Waals surface area (Å²) in [4.78, 5) is 11.9. The molecule has 1 atom stereocenters. The standard InChI is InChI=1S/C13H16ClFN2O/c14-11-4-1-5-12(15)10(11)8-17-13(18)9-3-2-6-16-7-9/h1,4-5,9,16H,2-3,6-8H2,(H,17,18). The molecule has 98 valence electrons. The summed E-state index contributed by atoms with van der Waals surface area (Å²) in [6.45, 7) is 1.79. The van der Waals surface area contributed by atoms with Gasteiger partial charge in [-0.25, -0.2) is 4.39 Å². The summed E-state index contributed by atoms with van der Waals surface area (Å²) in [5.74, 6) is -0.449. The Labute approximate surface area is 111 Å². The van der Waals surface area contributed by atoms with Crippen molar-refractivity contribution >= 4 is 17.5 Å². The molecule has 1 aromatic rings. The van der Waals surface area contributed by atoms with E-state index in [1.54, 1.807) is 12.1 Å². The zero-order valence-electron chi connectivity index (χ0n) is 10.0. The Morgan fingerprint density at radius 2 is 2.39 bits per heavy atom. The van der Waals surface area contributed by atoms with Crippen molar-refractivity contribution in [2.45, 2.75) is 19.4 Å². The van der Waals surface area contributed by atoms with Gasteiger partial charge in [-0.1, -0.05) is 17.7 Å². The first-order chi connectivity index (χ1) is 8.68. The first kappa shape index (κ1) is 13.3. The molecule has 1 aliphatic heterocycles. The van der Waals surface area contributed by atoms with Gasteiger partial charge in [0.15, 0.2) is 0 Å². The fourth-order valence-corrected chi connectivity index (χ4v) is 2.33. The van der Waals surface area contributed by atoms with Crippen LogP contribution in [0.25, 0.3) is 0 Å². The second-order valence-electron chi connectivity index (χ2n) is 4.46. The number of hydrogen-bond acceptors (Lipinski definition) is 2. The van der Waals surface area contributed by atoms with Crippen LogP contribution in [0.3, 0.4) is 0 Å². The molecule has 1 amide bonds. The Balaban J connectivity index is 1.92. The van der Waals surface area contributed by atoms with Gasteiger partial charge in [-0.15, -0.1) is 0 Å². The van der Waals surface area contributed by atoms with E-state index in [1.807, 2.05) is 0 Å². The van der Waals surface area contributed by atoms with E-state index in [-0.39, 0.29) is 24.2 Å². The monoisotopic (exact) mass is 270 g/mol. The third-order valence-electron chi connectivity index (χ3n) is 3.17. The van der Waals surface area contributed by atoms with Crippen molar-refractivity contribution in [2.75, 3.05) is 13.1 Å². The minimum atomic E-state index is -0.385. The maximum atomic E-state index is 13.5. The molecule has 2 rings (SSSR count). The average Bonchev–Trinajstić information content (AvgIpc) is 2.39. The lowest BCUT2D eigenvalue weighted by Gasteiger charge is -2.22. The van der Waals surface area contributed by atoms with Crippen LogP contribution in [0.1, 0.15) is 18.4 Å². The van der Waals surface area contributed by atoms with Crippen molar-refractivity contribution in [3.05, 3.63) is 34.6 Å². The second kappa shape index (κ2) is 6.16. The van der Waals surface area contributed by atoms with Gasteiger partial charge in [0.1, 0.15) is 5.82 Å². The molecule has 0 bridgehead atoms. The maximum Gasteiger partial charge on any atom is 0.224 e. The van der Waals surface area contributed by atoms with Crippen LogP contribution in [-0.2, 0) is 11.3 Å². The molecule has 1 aromatic carbocycles. The fourth-order valence-electron chi connectivity index (χ4n) is 2.10. The molecule has 5 heteroatoms. The number of halogens is 2. The summed E-state index contributed by atoms with van der Waals surface area (Å²) in [5.41, 5.74) is 0.344. The quantitative estimate of drug-likeness (QED) is 0.883. The lowest BCUT2D eigenvalue weighted by molar-refractivity contribution is -0.125. The number of nitrogens with one attached hydrogen (secondary N) is 2. The van der Waals surface area contributed by atoms with E-state index in [1.165, 1.54) is 6.07 Å². The smallest absolute Gasteiger partial charge is 0.224 e. The third kappa shape index (κ3) is 3.21. The highest BCUT2D eigenvalue weighted by Crippen LogP contribution is 2.19. The molecule has 1 unspecified atom stereocenters. The van der Waals surface area contributed by atoms with E-state index < -0.39 is 0 Å². The van der Waals surface area contributed by atoms with Crippen molar-refractivity contribution in [2.24, 2.45) is 5.92 Å². The van der Waals surface area contributed by atoms with E-state index >= 15 is 0 Å². The molecule has 3 nitrogen and oxygen atoms in total. The van der Waals surface area contributed by atoms with Crippen LogP contribution in [0.2, 0.25) is 5.02 Å². The van der Waals surface area contributed by atoms with E-state index in [4.69, 9.17) is 11.6 Å². The zero-order chi connectivity index (χ0) is 13.0. The Hall–Kier alpha value is -1.13. The second-order valence-corrected chi connectivity index (χ2v) is 4.87. The first-order valence-electron chi connectivity index (χ1n) is 6.10. The number of carbonyl (C=O) groups is 1. The van der Waals surface area contributed by atoms with E-state index in [2.05, 4.69) is 10.6 Å². The van der Waals surface area contributed by atoms with Gasteiger partial charge in [0.2, 0.25) is 5.91 Å². The average molecular weight is 271 g/mol. The molecule has 18 heavy (non-hydrogen) atoms. The number of piperidine rings is 1. The molecule has 0 saturated carbocycles. The summed E-state index contributed by atoms with van der Waals surface area (Å²) in [6.07, 6.45) is 1.88. The predicted molar refractivity (Wildman–Crippen MR) is 68.9 cm³/mol. The SMILES string of the molecule is O=C(NCc1c(F)cccc1Cl)C1CCCNC1. The van der Waals surface area contributed by atoms with Crippen molar-refractivity contribution in [1.29, 1.82) is 0 Å². The number of benzene rings is 1. The molecule has 2 N–H and O–H groups in total. The van der Waals surface area contributed by atoms with Crippen LogP contribution in [0.5, 0.6) is 0 Å². The number of carbonyl (C=O) groups excluding carboxylic acids is 1. The van der Waals surface area contributed by atoms with E-state index in [9.17, 15) is 9.18 Å². The van der Waals surface area contributed by atoms with Gasteiger partial charge in [0.25, 0.3) is 0 Å². The van der Waals surface area contributed by atoms with Crippen LogP contribution in [0.15, 0.2) is 18.2 Å². The Bertz CT molecular complexity index is 413. The summed E-state index contributed by atoms with van der Waals surface area (Å²) < 4.78 is 13.5. The van der Waals surface area contributed by atoms with Crippen molar-refractivity contribution in [1.82, 2.24) is 10.6 Å². The highest BCUT2D eigenvalue weighted by molar-refractivity contribution is 6.31. The Morgan fingerprint density at radius 1 is 1.56 bits per heavy atom. The minimum absolute atomic E-state index is 0.0238. The summed E-state index contributed by atoms with van der Waals surface area (Å²) >= 11 is 5.90. The predicted octanol–water partition coefficient (Wildman–Crippen LogP) is 2.09. The lowest BCUT2D eigenvalue weighted by Crippen LogP contribution is -2.40. The van der Waals surface area contributed by atoms with E-state index in [0.717, 1.165) is 19.4 Å². The van der Waals surface area contributed by atoms with Gasteiger partial charge in [-0.05, 0) is 31.5 Å². The molecular formula is C13H16ClFN2O. The van der Waals surface area contributed by atoms with Gasteiger partial charge in [-0.3, -0.25) is 4.79 Å². The third-order valence-corrected chi connectivity index (χ3v) is 3.52. The maximum absolute atomic E-state index is 13.5. The van der Waals surface area contributed by atoms with Crippen LogP contribution in [0.4, 0.5) is 4.39 Å². The van der Waals surface area contributed by atoms with Gasteiger partial charge in [-0.2, -0.15) is 0 Å². The van der Waals surface area contributed by atoms with Gasteiger partial charge >= 0.3 is 0 Å². The topological polar surface area (TPSA) is 41.1 Å². The highest BCUT2D eigenvalue weighted by atomic mass is 35.5. The molecule has 1 saturated heterocycles. The Morgan fingerprint density at radius 3 is 3.06 bits per heavy atom. The molecule has 0 aromatic heterocycles. The number of rotatable bonds is 3. The summed E-state index contributed by atoms with van der Waals surface area (Å²) in [6, 6.07) is 4.51. The van der Waals surface area contributed by atoms with Gasteiger partial charge in [0.05, 0.1) is 5.92 Å². The molecule has 0 radical (unpaired) electrons. The zero-order valence-corrected chi connectivity index (χ0v) is 10.8. The highest BCUT2D eigenvalue weighted by Gasteiger charge is 2.20. The van der Waals surface area contributed by atoms with Crippen molar-refractivity contribution < 1.29 is 9.18 Å². The van der Waals surface area contributed by atoms with Gasteiger partial charge in [0, 0.05) is 23.7 Å². The summed E-state index contributed by atoms with van der Waals surface area (Å²) in [7, 11) is 0. The Kier molecular flexibility index (Phi) is 4.55. The lowest BCUT2D eigenvalue weighted by atomic mass is 9.99. The molecule has 1 aliphatic rings. The van der Waals surface area contributed by atoms with Crippen LogP contribution in [-0.4, -0.2) is 19.0 Å². The largest absolute Gasteiger partial charge is 0.352 e. The molecule has 0 aliphatic carbocycles. The molecule has 1 fully saturated rings. The normalized spacial score (nSPS) is 19.6. The van der Waals surface area contributed by atoms with E-state index in [0.29, 0.717) is 17.1 Å². The number of hydrogen-bond donors (Lipinski definition) is 2. The fraction of sp³-hybridized carbons (Fsp3) is 0.462. The van der Waals surface area contributed by atoms with Gasteiger partial charge < -0.3 is 10.6 Å².